The zero-order valence-corrected chi connectivity index (χ0v) is 14.3. The number of primary amides is 1. The van der Waals surface area contributed by atoms with Crippen molar-refractivity contribution < 1.29 is 4.79 Å². The molecule has 1 aromatic rings. The summed E-state index contributed by atoms with van der Waals surface area (Å²) >= 11 is 3.47. The molecule has 4 nitrogen and oxygen atoms in total. The number of hydrogen-bond acceptors (Lipinski definition) is 2. The van der Waals surface area contributed by atoms with Crippen LogP contribution in [-0.4, -0.2) is 36.6 Å². The lowest BCUT2D eigenvalue weighted by molar-refractivity contribution is 0.215. The van der Waals surface area contributed by atoms with Crippen LogP contribution in [0.2, 0.25) is 0 Å². The molecular weight excluding hydrogens is 330 g/mol. The molecule has 1 aliphatic rings. The van der Waals surface area contributed by atoms with Crippen molar-refractivity contribution in [2.75, 3.05) is 13.6 Å². The fourth-order valence-electron chi connectivity index (χ4n) is 2.63. The summed E-state index contributed by atoms with van der Waals surface area (Å²) in [4.78, 5) is 12.6. The van der Waals surface area contributed by atoms with Gasteiger partial charge in [-0.1, -0.05) is 35.0 Å². The van der Waals surface area contributed by atoms with Crippen LogP contribution < -0.4 is 11.1 Å². The highest BCUT2D eigenvalue weighted by atomic mass is 79.9. The van der Waals surface area contributed by atoms with Crippen molar-refractivity contribution >= 4 is 22.0 Å². The molecule has 1 aromatic carbocycles. The van der Waals surface area contributed by atoms with E-state index in [2.05, 4.69) is 52.4 Å². The van der Waals surface area contributed by atoms with Crippen molar-refractivity contribution in [3.63, 3.8) is 0 Å². The van der Waals surface area contributed by atoms with Crippen molar-refractivity contribution in [3.8, 4) is 0 Å². The summed E-state index contributed by atoms with van der Waals surface area (Å²) in [5, 5.41) is 3.71. The molecule has 21 heavy (non-hydrogen) atoms. The maximum Gasteiger partial charge on any atom is 0.314 e. The van der Waals surface area contributed by atoms with Crippen LogP contribution in [0, 0.1) is 0 Å². The number of urea groups is 1. The summed E-state index contributed by atoms with van der Waals surface area (Å²) in [5.74, 6) is 0.626. The van der Waals surface area contributed by atoms with E-state index in [4.69, 9.17) is 5.73 Å². The third kappa shape index (κ3) is 4.71. The molecule has 3 atom stereocenters. The molecule has 2 rings (SSSR count). The van der Waals surface area contributed by atoms with Crippen molar-refractivity contribution in [2.45, 2.75) is 44.2 Å². The number of rotatable bonds is 7. The molecule has 5 heteroatoms. The number of halogens is 1. The third-order valence-electron chi connectivity index (χ3n) is 4.22. The van der Waals surface area contributed by atoms with Crippen LogP contribution in [0.25, 0.3) is 0 Å². The van der Waals surface area contributed by atoms with Crippen LogP contribution in [0.1, 0.15) is 37.7 Å². The summed E-state index contributed by atoms with van der Waals surface area (Å²) in [5.41, 5.74) is 6.65. The van der Waals surface area contributed by atoms with Gasteiger partial charge < -0.3 is 16.0 Å². The first kappa shape index (κ1) is 16.3. The van der Waals surface area contributed by atoms with Crippen LogP contribution in [0.15, 0.2) is 28.7 Å². The predicted octanol–water partition coefficient (Wildman–Crippen LogP) is 3.07. The molecule has 1 saturated carbocycles. The van der Waals surface area contributed by atoms with Gasteiger partial charge in [0.15, 0.2) is 0 Å². The zero-order chi connectivity index (χ0) is 15.4. The number of nitrogens with zero attached hydrogens (tertiary/aromatic N) is 1. The average Bonchev–Trinajstić information content (AvgIpc) is 3.22. The van der Waals surface area contributed by atoms with Crippen LogP contribution in [0.4, 0.5) is 4.79 Å². The van der Waals surface area contributed by atoms with Gasteiger partial charge >= 0.3 is 6.03 Å². The molecule has 0 saturated heterocycles. The monoisotopic (exact) mass is 353 g/mol. The summed E-state index contributed by atoms with van der Waals surface area (Å²) in [6, 6.07) is 9.24. The molecule has 0 spiro atoms. The van der Waals surface area contributed by atoms with Gasteiger partial charge in [0.05, 0.1) is 0 Å². The Balaban J connectivity index is 1.79. The first-order valence-corrected chi connectivity index (χ1v) is 8.32. The standard InChI is InChI=1S/C16H24BrN3O/c1-3-13(8-9-20(2)16(18)21)19-15-10-14(15)11-4-6-12(17)7-5-11/h4-7,13-15,19H,3,8-10H2,1-2H3,(H2,18,21)/t13?,14-,15+/m1/s1. The van der Waals surface area contributed by atoms with Gasteiger partial charge in [-0.25, -0.2) is 4.79 Å². The van der Waals surface area contributed by atoms with Crippen molar-refractivity contribution in [2.24, 2.45) is 5.73 Å². The minimum absolute atomic E-state index is 0.357. The normalized spacial score (nSPS) is 21.9. The Bertz CT molecular complexity index is 477. The highest BCUT2D eigenvalue weighted by Gasteiger charge is 2.39. The summed E-state index contributed by atoms with van der Waals surface area (Å²) in [6.45, 7) is 2.88. The number of hydrogen-bond donors (Lipinski definition) is 2. The highest BCUT2D eigenvalue weighted by Crippen LogP contribution is 2.41. The van der Waals surface area contributed by atoms with E-state index in [1.807, 2.05) is 0 Å². The van der Waals surface area contributed by atoms with Gasteiger partial charge in [-0.15, -0.1) is 0 Å². The first-order valence-electron chi connectivity index (χ1n) is 7.53. The number of carbonyl (C=O) groups excluding carboxylic acids is 1. The second-order valence-electron chi connectivity index (χ2n) is 5.82. The fraction of sp³-hybridized carbons (Fsp3) is 0.562. The number of nitrogens with two attached hydrogens (primary N) is 1. The Kier molecular flexibility index (Phi) is 5.65. The predicted molar refractivity (Wildman–Crippen MR) is 89.3 cm³/mol. The van der Waals surface area contributed by atoms with Gasteiger partial charge in [0, 0.05) is 36.1 Å². The lowest BCUT2D eigenvalue weighted by Crippen LogP contribution is -2.38. The Labute approximate surface area is 135 Å². The number of amides is 2. The quantitative estimate of drug-likeness (QED) is 0.791. The summed E-state index contributed by atoms with van der Waals surface area (Å²) < 4.78 is 1.12. The Hall–Kier alpha value is -1.07. The van der Waals surface area contributed by atoms with Gasteiger partial charge in [-0.3, -0.25) is 0 Å². The number of benzene rings is 1. The lowest BCUT2D eigenvalue weighted by Gasteiger charge is -2.21. The topological polar surface area (TPSA) is 58.4 Å². The van der Waals surface area contributed by atoms with Crippen molar-refractivity contribution in [1.29, 1.82) is 0 Å². The Morgan fingerprint density at radius 1 is 1.48 bits per heavy atom. The molecule has 0 bridgehead atoms. The molecular formula is C16H24BrN3O. The van der Waals surface area contributed by atoms with Crippen molar-refractivity contribution in [3.05, 3.63) is 34.3 Å². The minimum Gasteiger partial charge on any atom is -0.351 e. The van der Waals surface area contributed by atoms with Gasteiger partial charge in [0.25, 0.3) is 0 Å². The van der Waals surface area contributed by atoms with Crippen LogP contribution in [0.3, 0.4) is 0 Å². The molecule has 3 N–H and O–H groups in total. The highest BCUT2D eigenvalue weighted by molar-refractivity contribution is 9.10. The number of nitrogens with one attached hydrogen (secondary N) is 1. The molecule has 1 unspecified atom stereocenters. The second-order valence-corrected chi connectivity index (χ2v) is 6.74. The SMILES string of the molecule is CCC(CCN(C)C(N)=O)N[C@H]1C[C@@H]1c1ccc(Br)cc1. The largest absolute Gasteiger partial charge is 0.351 e. The molecule has 0 heterocycles. The van der Waals surface area contributed by atoms with Crippen molar-refractivity contribution in [1.82, 2.24) is 10.2 Å². The first-order chi connectivity index (χ1) is 10.0. The zero-order valence-electron chi connectivity index (χ0n) is 12.7. The number of carbonyl (C=O) groups is 1. The Morgan fingerprint density at radius 2 is 2.14 bits per heavy atom. The van der Waals surface area contributed by atoms with E-state index in [0.29, 0.717) is 24.5 Å². The van der Waals surface area contributed by atoms with Gasteiger partial charge in [-0.2, -0.15) is 0 Å². The summed E-state index contributed by atoms with van der Waals surface area (Å²) in [6.07, 6.45) is 3.21. The molecule has 1 fully saturated rings. The van der Waals surface area contributed by atoms with Gasteiger partial charge in [0.2, 0.25) is 0 Å². The van der Waals surface area contributed by atoms with E-state index in [1.165, 1.54) is 12.0 Å². The smallest absolute Gasteiger partial charge is 0.314 e. The second kappa shape index (κ2) is 7.27. The maximum atomic E-state index is 11.0. The summed E-state index contributed by atoms with van der Waals surface area (Å²) in [7, 11) is 1.75. The van der Waals surface area contributed by atoms with E-state index in [0.717, 1.165) is 17.3 Å². The maximum absolute atomic E-state index is 11.0. The minimum atomic E-state index is -0.357. The van der Waals surface area contributed by atoms with E-state index in [9.17, 15) is 4.79 Å². The molecule has 1 aliphatic carbocycles. The average molecular weight is 354 g/mol. The van der Waals surface area contributed by atoms with Crippen LogP contribution in [0.5, 0.6) is 0 Å². The van der Waals surface area contributed by atoms with E-state index in [-0.39, 0.29) is 6.03 Å². The molecule has 0 radical (unpaired) electrons. The fourth-order valence-corrected chi connectivity index (χ4v) is 2.89. The van der Waals surface area contributed by atoms with E-state index < -0.39 is 0 Å². The molecule has 0 aromatic heterocycles. The van der Waals surface area contributed by atoms with Gasteiger partial charge in [-0.05, 0) is 37.0 Å². The lowest BCUT2D eigenvalue weighted by atomic mass is 10.1. The van der Waals surface area contributed by atoms with Crippen LogP contribution >= 0.6 is 15.9 Å². The third-order valence-corrected chi connectivity index (χ3v) is 4.75. The van der Waals surface area contributed by atoms with E-state index >= 15 is 0 Å². The van der Waals surface area contributed by atoms with E-state index in [1.54, 1.807) is 11.9 Å². The van der Waals surface area contributed by atoms with Gasteiger partial charge in [0.1, 0.15) is 0 Å². The van der Waals surface area contributed by atoms with Crippen LogP contribution in [-0.2, 0) is 0 Å². The molecule has 116 valence electrons. The molecule has 0 aliphatic heterocycles. The Morgan fingerprint density at radius 3 is 2.71 bits per heavy atom. The molecule has 2 amide bonds.